The number of likely N-dealkylation sites (N-methyl/N-ethyl adjacent to an activating group) is 1. The Bertz CT molecular complexity index is 578. The van der Waals surface area contributed by atoms with E-state index in [4.69, 9.17) is 10.9 Å². The third-order valence-electron chi connectivity index (χ3n) is 3.03. The number of aryl methyl sites for hydroxylation is 2. The van der Waals surface area contributed by atoms with Gasteiger partial charge in [0.2, 0.25) is 0 Å². The lowest BCUT2D eigenvalue weighted by atomic mass is 10.3. The molecule has 1 rings (SSSR count). The zero-order chi connectivity index (χ0) is 14.8. The zero-order valence-electron chi connectivity index (χ0n) is 11.4. The number of hydrogen-bond donors (Lipinski definition) is 2. The second-order valence-electron chi connectivity index (χ2n) is 4.13. The molecule has 0 spiro atoms. The van der Waals surface area contributed by atoms with Crippen LogP contribution >= 0.6 is 0 Å². The van der Waals surface area contributed by atoms with Gasteiger partial charge < -0.3 is 15.5 Å². The molecule has 8 nitrogen and oxygen atoms in total. The number of nitrogens with two attached hydrogens (primary N) is 1. The molecule has 0 saturated heterocycles. The molecule has 0 fully saturated rings. The van der Waals surface area contributed by atoms with E-state index in [-0.39, 0.29) is 10.9 Å². The van der Waals surface area contributed by atoms with Crippen LogP contribution in [0.4, 0.5) is 0 Å². The van der Waals surface area contributed by atoms with E-state index in [9.17, 15) is 8.42 Å². The summed E-state index contributed by atoms with van der Waals surface area (Å²) < 4.78 is 27.4. The van der Waals surface area contributed by atoms with Crippen LogP contribution in [-0.4, -0.2) is 46.4 Å². The quantitative estimate of drug-likeness (QED) is 0.342. The lowest BCUT2D eigenvalue weighted by Crippen LogP contribution is -2.43. The van der Waals surface area contributed by atoms with Crippen LogP contribution in [0.2, 0.25) is 0 Å². The van der Waals surface area contributed by atoms with Crippen molar-refractivity contribution < 1.29 is 13.6 Å². The Morgan fingerprint density at radius 2 is 2.26 bits per heavy atom. The van der Waals surface area contributed by atoms with Gasteiger partial charge in [-0.25, -0.2) is 13.4 Å². The minimum absolute atomic E-state index is 0.0491. The van der Waals surface area contributed by atoms with E-state index in [0.29, 0.717) is 12.4 Å². The van der Waals surface area contributed by atoms with Crippen LogP contribution in [0.5, 0.6) is 0 Å². The maximum Gasteiger partial charge on any atom is 0.262 e. The van der Waals surface area contributed by atoms with Crippen molar-refractivity contribution in [2.24, 2.45) is 10.9 Å². The highest BCUT2D eigenvalue weighted by Gasteiger charge is 2.30. The maximum absolute atomic E-state index is 12.3. The molecule has 0 bridgehead atoms. The summed E-state index contributed by atoms with van der Waals surface area (Å²) in [6.45, 7) is 5.79. The van der Waals surface area contributed by atoms with Crippen LogP contribution < -0.4 is 5.73 Å². The van der Waals surface area contributed by atoms with Crippen molar-refractivity contribution >= 4 is 15.9 Å². The SMILES string of the molecule is CCn1cc(S(=O)(=O)N(C)C(C)C(N)=NO)nc1C. The number of amidine groups is 1. The number of hydrogen-bond acceptors (Lipinski definition) is 5. The van der Waals surface area contributed by atoms with Gasteiger partial charge in [-0.2, -0.15) is 4.31 Å². The summed E-state index contributed by atoms with van der Waals surface area (Å²) in [6.07, 6.45) is 1.47. The van der Waals surface area contributed by atoms with Gasteiger partial charge in [0.05, 0.1) is 6.04 Å². The summed E-state index contributed by atoms with van der Waals surface area (Å²) in [5, 5.41) is 11.4. The minimum atomic E-state index is -3.78. The van der Waals surface area contributed by atoms with Gasteiger partial charge in [0.1, 0.15) is 5.82 Å². The lowest BCUT2D eigenvalue weighted by Gasteiger charge is -2.21. The van der Waals surface area contributed by atoms with E-state index in [1.165, 1.54) is 20.2 Å². The first-order chi connectivity index (χ1) is 8.75. The van der Waals surface area contributed by atoms with Crippen LogP contribution in [0, 0.1) is 6.92 Å². The Kier molecular flexibility index (Phi) is 4.53. The van der Waals surface area contributed by atoms with Gasteiger partial charge in [-0.3, -0.25) is 0 Å². The van der Waals surface area contributed by atoms with Gasteiger partial charge in [0, 0.05) is 19.8 Å². The van der Waals surface area contributed by atoms with Crippen LogP contribution in [0.3, 0.4) is 0 Å². The smallest absolute Gasteiger partial charge is 0.262 e. The Morgan fingerprint density at radius 3 is 2.68 bits per heavy atom. The highest BCUT2D eigenvalue weighted by molar-refractivity contribution is 7.89. The van der Waals surface area contributed by atoms with Crippen LogP contribution in [-0.2, 0) is 16.6 Å². The van der Waals surface area contributed by atoms with Gasteiger partial charge in [0.15, 0.2) is 10.9 Å². The van der Waals surface area contributed by atoms with E-state index in [2.05, 4.69) is 10.1 Å². The number of oxime groups is 1. The molecule has 0 radical (unpaired) electrons. The number of imidazole rings is 1. The van der Waals surface area contributed by atoms with Gasteiger partial charge in [-0.15, -0.1) is 0 Å². The maximum atomic E-state index is 12.3. The number of rotatable bonds is 5. The lowest BCUT2D eigenvalue weighted by molar-refractivity contribution is 0.311. The van der Waals surface area contributed by atoms with Crippen molar-refractivity contribution in [3.05, 3.63) is 12.0 Å². The molecule has 0 aliphatic carbocycles. The average Bonchev–Trinajstić information content (AvgIpc) is 2.77. The fourth-order valence-electron chi connectivity index (χ4n) is 1.55. The summed E-state index contributed by atoms with van der Waals surface area (Å²) >= 11 is 0. The van der Waals surface area contributed by atoms with Gasteiger partial charge in [0.25, 0.3) is 10.0 Å². The number of sulfonamides is 1. The van der Waals surface area contributed by atoms with Crippen LogP contribution in [0.15, 0.2) is 16.4 Å². The second-order valence-corrected chi connectivity index (χ2v) is 6.08. The third-order valence-corrected chi connectivity index (χ3v) is 4.83. The first-order valence-corrected chi connectivity index (χ1v) is 7.18. The Hall–Kier alpha value is -1.61. The molecular weight excluding hydrogens is 270 g/mol. The number of aromatic nitrogens is 2. The predicted molar refractivity (Wildman–Crippen MR) is 70.5 cm³/mol. The fourth-order valence-corrected chi connectivity index (χ4v) is 2.88. The second kappa shape index (κ2) is 5.57. The summed E-state index contributed by atoms with van der Waals surface area (Å²) in [5.41, 5.74) is 5.42. The normalized spacial score (nSPS) is 14.9. The van der Waals surface area contributed by atoms with Crippen LogP contribution in [0.25, 0.3) is 0 Å². The van der Waals surface area contributed by atoms with Crippen molar-refractivity contribution in [3.8, 4) is 0 Å². The molecule has 0 aliphatic heterocycles. The molecule has 0 saturated carbocycles. The standard InChI is InChI=1S/C10H19N5O3S/c1-5-15-6-9(12-8(15)3)19(17,18)14(4)7(2)10(11)13-16/h6-7,16H,5H2,1-4H3,(H2,11,13). The molecule has 19 heavy (non-hydrogen) atoms. The molecule has 1 unspecified atom stereocenters. The summed E-state index contributed by atoms with van der Waals surface area (Å²) in [6, 6.07) is -0.762. The van der Waals surface area contributed by atoms with E-state index in [1.807, 2.05) is 6.92 Å². The predicted octanol–water partition coefficient (Wildman–Crippen LogP) is -0.0332. The molecule has 108 valence electrons. The molecule has 1 atom stereocenters. The van der Waals surface area contributed by atoms with E-state index in [0.717, 1.165) is 4.31 Å². The third kappa shape index (κ3) is 2.87. The molecular formula is C10H19N5O3S. The highest BCUT2D eigenvalue weighted by atomic mass is 32.2. The first kappa shape index (κ1) is 15.4. The topological polar surface area (TPSA) is 114 Å². The summed E-state index contributed by atoms with van der Waals surface area (Å²) in [7, 11) is -2.42. The van der Waals surface area contributed by atoms with E-state index < -0.39 is 16.1 Å². The molecule has 9 heteroatoms. The zero-order valence-corrected chi connectivity index (χ0v) is 12.2. The Morgan fingerprint density at radius 1 is 1.68 bits per heavy atom. The van der Waals surface area contributed by atoms with Gasteiger partial charge >= 0.3 is 0 Å². The molecule has 1 heterocycles. The summed E-state index contributed by atoms with van der Waals surface area (Å²) in [5.74, 6) is 0.434. The van der Waals surface area contributed by atoms with Crippen LogP contribution in [0.1, 0.15) is 19.7 Å². The van der Waals surface area contributed by atoms with Crippen molar-refractivity contribution in [3.63, 3.8) is 0 Å². The van der Waals surface area contributed by atoms with E-state index >= 15 is 0 Å². The van der Waals surface area contributed by atoms with Crippen molar-refractivity contribution in [2.45, 2.75) is 38.4 Å². The monoisotopic (exact) mass is 289 g/mol. The minimum Gasteiger partial charge on any atom is -0.409 e. The molecule has 0 aliphatic rings. The molecule has 0 aromatic carbocycles. The number of nitrogens with zero attached hydrogens (tertiary/aromatic N) is 4. The Balaban J connectivity index is 3.16. The van der Waals surface area contributed by atoms with E-state index in [1.54, 1.807) is 11.5 Å². The molecule has 3 N–H and O–H groups in total. The molecule has 1 aromatic rings. The van der Waals surface area contributed by atoms with Crippen molar-refractivity contribution in [2.75, 3.05) is 7.05 Å². The van der Waals surface area contributed by atoms with Gasteiger partial charge in [-0.05, 0) is 20.8 Å². The highest BCUT2D eigenvalue weighted by Crippen LogP contribution is 2.16. The molecule has 1 aromatic heterocycles. The van der Waals surface area contributed by atoms with Crippen molar-refractivity contribution in [1.29, 1.82) is 0 Å². The largest absolute Gasteiger partial charge is 0.409 e. The van der Waals surface area contributed by atoms with Gasteiger partial charge in [-0.1, -0.05) is 5.16 Å². The van der Waals surface area contributed by atoms with Crippen molar-refractivity contribution in [1.82, 2.24) is 13.9 Å². The summed E-state index contributed by atoms with van der Waals surface area (Å²) in [4.78, 5) is 4.03. The fraction of sp³-hybridized carbons (Fsp3) is 0.600. The average molecular weight is 289 g/mol. The molecule has 0 amide bonds. The first-order valence-electron chi connectivity index (χ1n) is 5.74. The Labute approximate surface area is 112 Å².